The molecule has 0 aromatic carbocycles. The zero-order valence-corrected chi connectivity index (χ0v) is 14.3. The molecule has 1 unspecified atom stereocenters. The van der Waals surface area contributed by atoms with Crippen LogP contribution in [-0.4, -0.2) is 6.71 Å². The molecule has 0 spiro atoms. The van der Waals surface area contributed by atoms with Gasteiger partial charge in [-0.25, -0.2) is 0 Å². The Kier molecular flexibility index (Phi) is 8.60. The molecular weight excluding hydrogens is 251 g/mol. The Morgan fingerprint density at radius 1 is 0.714 bits per heavy atom. The molecule has 1 heterocycles. The summed E-state index contributed by atoms with van der Waals surface area (Å²) in [5, 5.41) is 0. The van der Waals surface area contributed by atoms with Crippen molar-refractivity contribution in [3.8, 4) is 0 Å². The molecule has 0 amide bonds. The minimum absolute atomic E-state index is 0.950. The van der Waals surface area contributed by atoms with Crippen molar-refractivity contribution in [3.63, 3.8) is 0 Å². The molecule has 0 N–H and O–H groups in total. The van der Waals surface area contributed by atoms with Gasteiger partial charge in [-0.3, -0.25) is 0 Å². The summed E-state index contributed by atoms with van der Waals surface area (Å²) in [7, 11) is 0. The Balaban J connectivity index is 2.01. The summed E-state index contributed by atoms with van der Waals surface area (Å²) in [6, 6.07) is 0. The van der Waals surface area contributed by atoms with Crippen LogP contribution in [0.3, 0.4) is 0 Å². The molecule has 1 aliphatic heterocycles. The van der Waals surface area contributed by atoms with Crippen LogP contribution in [0.1, 0.15) is 89.9 Å². The Hall–Kier alpha value is -0.195. The van der Waals surface area contributed by atoms with E-state index in [2.05, 4.69) is 12.7 Å². The highest BCUT2D eigenvalue weighted by Crippen LogP contribution is 2.40. The molecule has 0 nitrogen and oxygen atoms in total. The van der Waals surface area contributed by atoms with E-state index in [9.17, 15) is 0 Å². The normalized spacial score (nSPS) is 27.6. The smallest absolute Gasteiger partial charge is 0.104 e. The summed E-state index contributed by atoms with van der Waals surface area (Å²) in [6.45, 7) is 5.01. The largest absolute Gasteiger partial charge is 0.147 e. The van der Waals surface area contributed by atoms with E-state index in [1.807, 2.05) is 0 Å². The molecule has 1 heteroatoms. The summed E-state index contributed by atoms with van der Waals surface area (Å²) in [5.74, 6) is 2.05. The van der Waals surface area contributed by atoms with Crippen LogP contribution in [0.4, 0.5) is 0 Å². The van der Waals surface area contributed by atoms with Gasteiger partial charge >= 0.3 is 0 Å². The topological polar surface area (TPSA) is 0 Å². The third-order valence-corrected chi connectivity index (χ3v) is 6.19. The molecule has 2 fully saturated rings. The molecule has 0 radical (unpaired) electrons. The SMILES string of the molecule is C=CCB1CCCCCCCC1C1CCCCCCCC1. The van der Waals surface area contributed by atoms with Crippen molar-refractivity contribution in [2.24, 2.45) is 5.92 Å². The van der Waals surface area contributed by atoms with Crippen LogP contribution < -0.4 is 0 Å². The van der Waals surface area contributed by atoms with Crippen molar-refractivity contribution in [1.29, 1.82) is 0 Å². The van der Waals surface area contributed by atoms with E-state index in [1.165, 1.54) is 103 Å². The van der Waals surface area contributed by atoms with Gasteiger partial charge in [-0.05, 0) is 5.92 Å². The number of allylic oxidation sites excluding steroid dienone is 1. The van der Waals surface area contributed by atoms with Gasteiger partial charge in [0.15, 0.2) is 0 Å². The van der Waals surface area contributed by atoms with E-state index in [-0.39, 0.29) is 0 Å². The maximum Gasteiger partial charge on any atom is 0.147 e. The minimum Gasteiger partial charge on any atom is -0.104 e. The van der Waals surface area contributed by atoms with Crippen LogP contribution in [-0.2, 0) is 0 Å². The molecule has 0 aromatic rings. The quantitative estimate of drug-likeness (QED) is 0.382. The molecule has 21 heavy (non-hydrogen) atoms. The fourth-order valence-corrected chi connectivity index (χ4v) is 4.99. The van der Waals surface area contributed by atoms with Crippen LogP contribution >= 0.6 is 0 Å². The summed E-state index contributed by atoms with van der Waals surface area (Å²) in [5.41, 5.74) is 0. The lowest BCUT2D eigenvalue weighted by Gasteiger charge is -2.32. The van der Waals surface area contributed by atoms with Crippen LogP contribution in [0, 0.1) is 5.92 Å². The van der Waals surface area contributed by atoms with Crippen molar-refractivity contribution in [3.05, 3.63) is 12.7 Å². The van der Waals surface area contributed by atoms with Gasteiger partial charge in [0.1, 0.15) is 6.71 Å². The highest BCUT2D eigenvalue weighted by Gasteiger charge is 2.30. The van der Waals surface area contributed by atoms with Gasteiger partial charge in [0.25, 0.3) is 0 Å². The maximum absolute atomic E-state index is 4.06. The van der Waals surface area contributed by atoms with E-state index in [0.717, 1.165) is 18.4 Å². The first-order chi connectivity index (χ1) is 10.4. The van der Waals surface area contributed by atoms with Crippen molar-refractivity contribution < 1.29 is 0 Å². The Labute approximate surface area is 134 Å². The second-order valence-electron chi connectivity index (χ2n) is 7.75. The Morgan fingerprint density at radius 2 is 1.24 bits per heavy atom. The number of hydrogen-bond donors (Lipinski definition) is 0. The van der Waals surface area contributed by atoms with Gasteiger partial charge in [-0.15, -0.1) is 6.58 Å². The molecule has 1 saturated heterocycles. The van der Waals surface area contributed by atoms with E-state index in [4.69, 9.17) is 0 Å². The summed E-state index contributed by atoms with van der Waals surface area (Å²) in [4.78, 5) is 0. The van der Waals surface area contributed by atoms with E-state index in [1.54, 1.807) is 0 Å². The van der Waals surface area contributed by atoms with E-state index >= 15 is 0 Å². The van der Waals surface area contributed by atoms with Crippen LogP contribution in [0.15, 0.2) is 12.7 Å². The van der Waals surface area contributed by atoms with Gasteiger partial charge in [-0.1, -0.05) is 114 Å². The lowest BCUT2D eigenvalue weighted by atomic mass is 9.33. The first-order valence-corrected chi connectivity index (χ1v) is 10.0. The zero-order valence-electron chi connectivity index (χ0n) is 14.3. The Bertz CT molecular complexity index is 263. The first-order valence-electron chi connectivity index (χ1n) is 10.0. The maximum atomic E-state index is 4.06. The Morgan fingerprint density at radius 3 is 1.86 bits per heavy atom. The van der Waals surface area contributed by atoms with Crippen molar-refractivity contribution >= 4 is 6.71 Å². The fourth-order valence-electron chi connectivity index (χ4n) is 4.99. The molecular formula is C20H37B. The molecule has 0 bridgehead atoms. The summed E-state index contributed by atoms with van der Waals surface area (Å²) in [6.07, 6.45) is 25.9. The lowest BCUT2D eigenvalue weighted by Crippen LogP contribution is -2.26. The van der Waals surface area contributed by atoms with Crippen molar-refractivity contribution in [2.45, 2.75) is 108 Å². The van der Waals surface area contributed by atoms with E-state index < -0.39 is 0 Å². The summed E-state index contributed by atoms with van der Waals surface area (Å²) >= 11 is 0. The van der Waals surface area contributed by atoms with E-state index in [0.29, 0.717) is 0 Å². The zero-order chi connectivity index (χ0) is 14.8. The number of hydrogen-bond acceptors (Lipinski definition) is 0. The predicted octanol–water partition coefficient (Wildman–Crippen LogP) is 7.14. The van der Waals surface area contributed by atoms with Gasteiger partial charge in [0.2, 0.25) is 0 Å². The average molecular weight is 288 g/mol. The van der Waals surface area contributed by atoms with Gasteiger partial charge in [0.05, 0.1) is 0 Å². The molecule has 120 valence electrons. The predicted molar refractivity (Wildman–Crippen MR) is 97.4 cm³/mol. The van der Waals surface area contributed by atoms with Gasteiger partial charge in [0, 0.05) is 0 Å². The molecule has 0 aromatic heterocycles. The molecule has 1 aliphatic carbocycles. The second kappa shape index (κ2) is 10.5. The third-order valence-electron chi connectivity index (χ3n) is 6.19. The van der Waals surface area contributed by atoms with Crippen LogP contribution in [0.5, 0.6) is 0 Å². The van der Waals surface area contributed by atoms with Gasteiger partial charge in [-0.2, -0.15) is 0 Å². The standard InChI is InChI=1S/C20H37B/c1-2-17-21-18-13-9-5-8-12-16-20(21)19-14-10-6-3-4-7-11-15-19/h2,19-20H,1,3-18H2. The average Bonchev–Trinajstić information content (AvgIpc) is 2.69. The monoisotopic (exact) mass is 288 g/mol. The van der Waals surface area contributed by atoms with Crippen LogP contribution in [0.2, 0.25) is 18.5 Å². The second-order valence-corrected chi connectivity index (χ2v) is 7.75. The van der Waals surface area contributed by atoms with Crippen molar-refractivity contribution in [1.82, 2.24) is 0 Å². The molecule has 1 saturated carbocycles. The highest BCUT2D eigenvalue weighted by atomic mass is 14.2. The van der Waals surface area contributed by atoms with Crippen LogP contribution in [0.25, 0.3) is 0 Å². The molecule has 1 atom stereocenters. The third kappa shape index (κ3) is 6.21. The van der Waals surface area contributed by atoms with Crippen molar-refractivity contribution in [2.75, 3.05) is 0 Å². The fraction of sp³-hybridized carbons (Fsp3) is 0.900. The summed E-state index contributed by atoms with van der Waals surface area (Å²) < 4.78 is 0. The molecule has 2 rings (SSSR count). The van der Waals surface area contributed by atoms with Gasteiger partial charge < -0.3 is 0 Å². The minimum atomic E-state index is 0.950. The highest BCUT2D eigenvalue weighted by molar-refractivity contribution is 6.61. The first kappa shape index (κ1) is 17.2. The number of rotatable bonds is 3. The lowest BCUT2D eigenvalue weighted by molar-refractivity contribution is 0.378. The molecule has 2 aliphatic rings.